The minimum Gasteiger partial charge on any atom is -0.309 e. The molecule has 1 amide bonds. The quantitative estimate of drug-likeness (QED) is 0.453. The van der Waals surface area contributed by atoms with E-state index in [4.69, 9.17) is 0 Å². The van der Waals surface area contributed by atoms with Crippen LogP contribution in [0.1, 0.15) is 12.8 Å². The van der Waals surface area contributed by atoms with Crippen molar-refractivity contribution in [1.82, 2.24) is 4.90 Å². The van der Waals surface area contributed by atoms with Crippen LogP contribution in [0, 0.1) is 0 Å². The number of carbonyl (C=O) groups excluding carboxylic acids is 1. The lowest BCUT2D eigenvalue weighted by Crippen LogP contribution is -2.25. The van der Waals surface area contributed by atoms with Gasteiger partial charge in [-0.05, 0) is 6.42 Å². The lowest BCUT2D eigenvalue weighted by atomic mass is 10.2. The minimum absolute atomic E-state index is 0.203. The molecule has 50 valence electrons. The van der Waals surface area contributed by atoms with E-state index >= 15 is 0 Å². The molecule has 0 atom stereocenters. The molecule has 0 saturated carbocycles. The van der Waals surface area contributed by atoms with E-state index in [2.05, 4.69) is 15.9 Å². The Morgan fingerprint density at radius 3 is 3.00 bits per heavy atom. The molecular weight excluding hydrogens is 182 g/mol. The largest absolute Gasteiger partial charge is 0.309 e. The van der Waals surface area contributed by atoms with Crippen LogP contribution in [0.4, 0.5) is 0 Å². The van der Waals surface area contributed by atoms with Gasteiger partial charge in [-0.25, -0.2) is 0 Å². The third-order valence-corrected chi connectivity index (χ3v) is 1.80. The minimum atomic E-state index is 0.203. The maximum absolute atomic E-state index is 10.9. The molecule has 9 heavy (non-hydrogen) atoms. The highest BCUT2D eigenvalue weighted by atomic mass is 79.9. The van der Waals surface area contributed by atoms with Gasteiger partial charge in [-0.2, -0.15) is 0 Å². The highest BCUT2D eigenvalue weighted by molar-refractivity contribution is 9.09. The average Bonchev–Trinajstić information content (AvgIpc) is 1.89. The van der Waals surface area contributed by atoms with Crippen molar-refractivity contribution in [2.75, 3.05) is 5.45 Å². The maximum atomic E-state index is 10.9. The number of carbonyl (C=O) groups is 1. The molecule has 1 heterocycles. The summed E-state index contributed by atoms with van der Waals surface area (Å²) in [5.41, 5.74) is 0.613. The Balaban J connectivity index is 2.57. The first kappa shape index (κ1) is 6.81. The molecule has 0 radical (unpaired) electrons. The Kier molecular flexibility index (Phi) is 2.28. The Hall–Kier alpha value is -0.310. The van der Waals surface area contributed by atoms with Gasteiger partial charge in [0.2, 0.25) is 5.91 Å². The molecule has 1 aliphatic rings. The Morgan fingerprint density at radius 1 is 1.78 bits per heavy atom. The average molecular weight is 190 g/mol. The molecular formula is C6H8BrNO. The van der Waals surface area contributed by atoms with E-state index in [1.165, 1.54) is 0 Å². The van der Waals surface area contributed by atoms with E-state index in [0.29, 0.717) is 11.9 Å². The van der Waals surface area contributed by atoms with Crippen LogP contribution in [0.5, 0.6) is 0 Å². The van der Waals surface area contributed by atoms with Gasteiger partial charge in [0, 0.05) is 12.6 Å². The summed E-state index contributed by atoms with van der Waals surface area (Å²) in [6, 6.07) is 0. The smallest absolute Gasteiger partial charge is 0.227 e. The molecule has 0 fully saturated rings. The highest BCUT2D eigenvalue weighted by Crippen LogP contribution is 2.07. The molecule has 2 nitrogen and oxygen atoms in total. The summed E-state index contributed by atoms with van der Waals surface area (Å²) in [5, 5.41) is 0. The number of hydrogen-bond donors (Lipinski definition) is 0. The van der Waals surface area contributed by atoms with Gasteiger partial charge < -0.3 is 4.90 Å². The molecule has 0 N–H and O–H groups in total. The lowest BCUT2D eigenvalue weighted by molar-refractivity contribution is -0.128. The Bertz CT molecular complexity index is 144. The second-order valence-electron chi connectivity index (χ2n) is 1.91. The normalized spacial score (nSPS) is 18.8. The van der Waals surface area contributed by atoms with Crippen molar-refractivity contribution in [2.45, 2.75) is 12.8 Å². The molecule has 1 rings (SSSR count). The second-order valence-corrected chi connectivity index (χ2v) is 2.41. The Morgan fingerprint density at radius 2 is 2.56 bits per heavy atom. The molecule has 0 aliphatic carbocycles. The van der Waals surface area contributed by atoms with E-state index < -0.39 is 0 Å². The van der Waals surface area contributed by atoms with Gasteiger partial charge in [0.05, 0.1) is 5.45 Å². The van der Waals surface area contributed by atoms with Crippen molar-refractivity contribution in [3.8, 4) is 0 Å². The van der Waals surface area contributed by atoms with E-state index in [1.54, 1.807) is 4.90 Å². The summed E-state index contributed by atoms with van der Waals surface area (Å²) < 4.78 is 0. The van der Waals surface area contributed by atoms with Crippen molar-refractivity contribution in [3.05, 3.63) is 12.3 Å². The molecule has 3 heteroatoms. The van der Waals surface area contributed by atoms with Gasteiger partial charge >= 0.3 is 0 Å². The first-order valence-electron chi connectivity index (χ1n) is 2.86. The van der Waals surface area contributed by atoms with E-state index in [0.717, 1.165) is 6.42 Å². The number of rotatable bonds is 1. The SMILES string of the molecule is O=C1CCC=CN1CBr. The number of allylic oxidation sites excluding steroid dienone is 1. The standard InChI is InChI=1S/C6H8BrNO/c7-5-8-4-2-1-3-6(8)9/h2,4H,1,3,5H2. The summed E-state index contributed by atoms with van der Waals surface area (Å²) in [6.07, 6.45) is 5.37. The fraction of sp³-hybridized carbons (Fsp3) is 0.500. The van der Waals surface area contributed by atoms with Crippen LogP contribution in [0.25, 0.3) is 0 Å². The third kappa shape index (κ3) is 1.55. The van der Waals surface area contributed by atoms with Crippen molar-refractivity contribution in [3.63, 3.8) is 0 Å². The van der Waals surface area contributed by atoms with Crippen LogP contribution in [0.3, 0.4) is 0 Å². The Labute approximate surface area is 62.7 Å². The lowest BCUT2D eigenvalue weighted by Gasteiger charge is -2.17. The molecule has 0 spiro atoms. The molecule has 0 aromatic heterocycles. The zero-order valence-corrected chi connectivity index (χ0v) is 6.60. The van der Waals surface area contributed by atoms with Crippen molar-refractivity contribution >= 4 is 21.8 Å². The van der Waals surface area contributed by atoms with Gasteiger partial charge in [0.1, 0.15) is 0 Å². The van der Waals surface area contributed by atoms with E-state index in [-0.39, 0.29) is 5.91 Å². The van der Waals surface area contributed by atoms with Crippen molar-refractivity contribution < 1.29 is 4.79 Å². The topological polar surface area (TPSA) is 20.3 Å². The zero-order chi connectivity index (χ0) is 6.69. The first-order valence-corrected chi connectivity index (χ1v) is 3.99. The van der Waals surface area contributed by atoms with E-state index in [9.17, 15) is 4.79 Å². The van der Waals surface area contributed by atoms with E-state index in [1.807, 2.05) is 12.3 Å². The van der Waals surface area contributed by atoms with Crippen molar-refractivity contribution in [2.24, 2.45) is 0 Å². The van der Waals surface area contributed by atoms with Crippen LogP contribution in [-0.2, 0) is 4.79 Å². The van der Waals surface area contributed by atoms with Gasteiger partial charge in [-0.3, -0.25) is 4.79 Å². The van der Waals surface area contributed by atoms with Crippen LogP contribution < -0.4 is 0 Å². The number of nitrogens with zero attached hydrogens (tertiary/aromatic N) is 1. The molecule has 0 unspecified atom stereocenters. The first-order chi connectivity index (χ1) is 4.34. The number of alkyl halides is 1. The predicted octanol–water partition coefficient (Wildman–Crippen LogP) is 1.47. The summed E-state index contributed by atoms with van der Waals surface area (Å²) in [5.74, 6) is 0.203. The van der Waals surface area contributed by atoms with Crippen LogP contribution in [-0.4, -0.2) is 16.3 Å². The molecule has 1 aliphatic heterocycles. The fourth-order valence-electron chi connectivity index (χ4n) is 0.742. The summed E-state index contributed by atoms with van der Waals surface area (Å²) in [6.45, 7) is 0. The summed E-state index contributed by atoms with van der Waals surface area (Å²) >= 11 is 3.21. The van der Waals surface area contributed by atoms with Gasteiger partial charge in [-0.15, -0.1) is 0 Å². The molecule has 0 saturated heterocycles. The number of halogens is 1. The van der Waals surface area contributed by atoms with Gasteiger partial charge in [-0.1, -0.05) is 22.0 Å². The van der Waals surface area contributed by atoms with Crippen LogP contribution in [0.2, 0.25) is 0 Å². The molecule has 0 bridgehead atoms. The number of hydrogen-bond acceptors (Lipinski definition) is 1. The maximum Gasteiger partial charge on any atom is 0.227 e. The zero-order valence-electron chi connectivity index (χ0n) is 5.01. The van der Waals surface area contributed by atoms with Crippen LogP contribution >= 0.6 is 15.9 Å². The second kappa shape index (κ2) is 3.01. The predicted molar refractivity (Wildman–Crippen MR) is 39.0 cm³/mol. The highest BCUT2D eigenvalue weighted by Gasteiger charge is 2.10. The van der Waals surface area contributed by atoms with Gasteiger partial charge in [0.15, 0.2) is 0 Å². The monoisotopic (exact) mass is 189 g/mol. The van der Waals surface area contributed by atoms with Crippen LogP contribution in [0.15, 0.2) is 12.3 Å². The number of amides is 1. The van der Waals surface area contributed by atoms with Gasteiger partial charge in [0.25, 0.3) is 0 Å². The third-order valence-electron chi connectivity index (χ3n) is 1.26. The summed E-state index contributed by atoms with van der Waals surface area (Å²) in [7, 11) is 0. The van der Waals surface area contributed by atoms with Crippen molar-refractivity contribution in [1.29, 1.82) is 0 Å². The summed E-state index contributed by atoms with van der Waals surface area (Å²) in [4.78, 5) is 12.5. The molecule has 0 aromatic rings. The molecule has 0 aromatic carbocycles. The fourth-order valence-corrected chi connectivity index (χ4v) is 1.19.